The van der Waals surface area contributed by atoms with E-state index in [1.807, 2.05) is 30.3 Å². The van der Waals surface area contributed by atoms with Crippen LogP contribution in [0.15, 0.2) is 46.1 Å². The molecule has 5 heterocycles. The molecule has 0 saturated carbocycles. The Morgan fingerprint density at radius 1 is 1.32 bits per heavy atom. The molecule has 2 aliphatic rings. The minimum Gasteiger partial charge on any atom is -0.454 e. The molecule has 0 bridgehead atoms. The normalized spacial score (nSPS) is 25.2. The second-order valence-electron chi connectivity index (χ2n) is 7.77. The van der Waals surface area contributed by atoms with E-state index in [2.05, 4.69) is 30.9 Å². The van der Waals surface area contributed by atoms with Gasteiger partial charge < -0.3 is 29.2 Å². The predicted octanol–water partition coefficient (Wildman–Crippen LogP) is 1.49. The molecule has 14 heteroatoms. The molecule has 6 rings (SSSR count). The summed E-state index contributed by atoms with van der Waals surface area (Å²) in [6.45, 7) is -0.0197. The highest BCUT2D eigenvalue weighted by molar-refractivity contribution is 9.10. The van der Waals surface area contributed by atoms with E-state index in [4.69, 9.17) is 24.3 Å². The van der Waals surface area contributed by atoms with Crippen LogP contribution in [0, 0.1) is 0 Å². The molecule has 3 N–H and O–H groups in total. The van der Waals surface area contributed by atoms with Gasteiger partial charge in [-0.3, -0.25) is 14.2 Å². The zero-order valence-electron chi connectivity index (χ0n) is 17.4. The lowest BCUT2D eigenvalue weighted by Crippen LogP contribution is -2.40. The molecular weight excluding hydrogens is 531 g/mol. The number of nitrogens with two attached hydrogens (primary N) is 1. The van der Waals surface area contributed by atoms with E-state index >= 15 is 0 Å². The Labute approximate surface area is 201 Å². The number of carbonyl (C=O) groups is 1. The number of fused-ring (bicyclic) bond motifs is 3. The molecule has 4 aromatic rings. The average molecular weight is 549 g/mol. The number of aromatic nitrogens is 5. The Balaban J connectivity index is 1.49. The summed E-state index contributed by atoms with van der Waals surface area (Å²) in [4.78, 5) is 37.6. The highest BCUT2D eigenvalue weighted by Crippen LogP contribution is 2.42. The maximum atomic E-state index is 13.3. The number of aromatic amines is 1. The van der Waals surface area contributed by atoms with Gasteiger partial charge in [0.1, 0.15) is 12.2 Å². The van der Waals surface area contributed by atoms with Gasteiger partial charge in [-0.1, -0.05) is 30.3 Å². The van der Waals surface area contributed by atoms with Crippen molar-refractivity contribution in [2.75, 3.05) is 13.2 Å². The predicted molar refractivity (Wildman–Crippen MR) is 124 cm³/mol. The Kier molecular flexibility index (Phi) is 5.47. The van der Waals surface area contributed by atoms with Crippen molar-refractivity contribution in [2.45, 2.75) is 24.5 Å². The van der Waals surface area contributed by atoms with Gasteiger partial charge in [0.15, 0.2) is 37.3 Å². The first-order valence-electron chi connectivity index (χ1n) is 10.4. The molecule has 1 aromatic carbocycles. The van der Waals surface area contributed by atoms with Crippen molar-refractivity contribution >= 4 is 47.9 Å². The molecule has 2 fully saturated rings. The van der Waals surface area contributed by atoms with Gasteiger partial charge >= 0.3 is 5.97 Å². The fourth-order valence-electron chi connectivity index (χ4n) is 4.22. The topological polar surface area (TPSA) is 148 Å². The fraction of sp³-hybridized carbons (Fsp3) is 0.300. The number of carbonyl (C=O) groups excluding carboxylic acids is 1. The molecule has 5 unspecified atom stereocenters. The number of benzene rings is 1. The van der Waals surface area contributed by atoms with Crippen LogP contribution in [0.5, 0.6) is 0 Å². The summed E-state index contributed by atoms with van der Waals surface area (Å²) >= 11 is 3.41. The van der Waals surface area contributed by atoms with Gasteiger partial charge in [-0.15, -0.1) is 0 Å². The Bertz CT molecular complexity index is 1450. The highest BCUT2D eigenvalue weighted by Gasteiger charge is 2.51. The number of nitrogens with one attached hydrogen (secondary N) is 1. The van der Waals surface area contributed by atoms with Crippen LogP contribution >= 0.6 is 25.0 Å². The number of H-pyrrole nitrogens is 1. The Morgan fingerprint density at radius 2 is 2.15 bits per heavy atom. The van der Waals surface area contributed by atoms with Crippen LogP contribution in [0.3, 0.4) is 0 Å². The quantitative estimate of drug-likeness (QED) is 0.220. The number of hydrogen-bond acceptors (Lipinski definition) is 9. The van der Waals surface area contributed by atoms with Crippen LogP contribution in [-0.4, -0.2) is 61.4 Å². The smallest absolute Gasteiger partial charge is 0.320 e. The Hall–Kier alpha value is -2.67. The summed E-state index contributed by atoms with van der Waals surface area (Å²) in [5.74, 6) is -0.275. The molecule has 176 valence electrons. The largest absolute Gasteiger partial charge is 0.454 e. The maximum absolute atomic E-state index is 13.3. The number of nitrogens with zero attached hydrogens (tertiary/aromatic N) is 4. The molecule has 2 saturated heterocycles. The Morgan fingerprint density at radius 3 is 2.94 bits per heavy atom. The van der Waals surface area contributed by atoms with Gasteiger partial charge in [-0.05, 0) is 21.5 Å². The summed E-state index contributed by atoms with van der Waals surface area (Å²) in [6.07, 6.45) is -1.06. The van der Waals surface area contributed by atoms with Crippen LogP contribution in [0.2, 0.25) is 0 Å². The second-order valence-corrected chi connectivity index (χ2v) is 9.17. The molecule has 12 nitrogen and oxygen atoms in total. The summed E-state index contributed by atoms with van der Waals surface area (Å²) in [5, 5.41) is 0. The molecule has 34 heavy (non-hydrogen) atoms. The van der Waals surface area contributed by atoms with Crippen molar-refractivity contribution in [3.63, 3.8) is 0 Å². The van der Waals surface area contributed by atoms with E-state index in [-0.39, 0.29) is 38.9 Å². The number of halogens is 1. The van der Waals surface area contributed by atoms with Crippen molar-refractivity contribution in [3.05, 3.63) is 51.6 Å². The van der Waals surface area contributed by atoms with Gasteiger partial charge in [-0.25, -0.2) is 9.38 Å². The van der Waals surface area contributed by atoms with Crippen LogP contribution in [0.1, 0.15) is 6.23 Å². The third-order valence-corrected chi connectivity index (χ3v) is 6.97. The van der Waals surface area contributed by atoms with E-state index in [0.29, 0.717) is 10.5 Å². The second kappa shape index (κ2) is 8.52. The van der Waals surface area contributed by atoms with Crippen LogP contribution < -0.4 is 11.3 Å². The first kappa shape index (κ1) is 21.8. The average Bonchev–Trinajstić information content (AvgIpc) is 3.53. The van der Waals surface area contributed by atoms with E-state index in [9.17, 15) is 9.59 Å². The van der Waals surface area contributed by atoms with E-state index in [1.165, 1.54) is 4.40 Å². The van der Waals surface area contributed by atoms with Crippen molar-refractivity contribution in [1.82, 2.24) is 23.9 Å². The minimum atomic E-state index is -0.866. The maximum Gasteiger partial charge on any atom is 0.320 e. The van der Waals surface area contributed by atoms with E-state index in [0.717, 1.165) is 11.3 Å². The zero-order valence-corrected chi connectivity index (χ0v) is 20.0. The number of hydrogen-bond donors (Lipinski definition) is 2. The molecular formula is C20H18BrN6O6P. The van der Waals surface area contributed by atoms with Gasteiger partial charge in [0, 0.05) is 6.20 Å². The molecule has 0 amide bonds. The SMILES string of the molecule is NCC(=O)OC1C2OPOCC2OC1n1c(Br)nc2c(=O)n3cc(-c4ccccc4)[nH]c3nc21. The molecule has 0 radical (unpaired) electrons. The van der Waals surface area contributed by atoms with Crippen LogP contribution in [-0.2, 0) is 23.3 Å². The summed E-state index contributed by atoms with van der Waals surface area (Å²) in [5.41, 5.74) is 7.14. The minimum absolute atomic E-state index is 0.129. The molecule has 2 aliphatic heterocycles. The zero-order chi connectivity index (χ0) is 23.4. The lowest BCUT2D eigenvalue weighted by molar-refractivity contribution is -0.155. The highest BCUT2D eigenvalue weighted by atomic mass is 79.9. The first-order chi connectivity index (χ1) is 16.5. The number of imidazole rings is 2. The van der Waals surface area contributed by atoms with E-state index in [1.54, 1.807) is 10.8 Å². The van der Waals surface area contributed by atoms with Crippen LogP contribution in [0.25, 0.3) is 28.2 Å². The van der Waals surface area contributed by atoms with Gasteiger partial charge in [0.2, 0.25) is 5.78 Å². The monoisotopic (exact) mass is 548 g/mol. The van der Waals surface area contributed by atoms with Crippen LogP contribution in [0.4, 0.5) is 0 Å². The summed E-state index contributed by atoms with van der Waals surface area (Å²) < 4.78 is 26.1. The molecule has 5 atom stereocenters. The van der Waals surface area contributed by atoms with Gasteiger partial charge in [0.05, 0.1) is 18.8 Å². The van der Waals surface area contributed by atoms with Crippen molar-refractivity contribution in [1.29, 1.82) is 0 Å². The molecule has 3 aromatic heterocycles. The van der Waals surface area contributed by atoms with Crippen molar-refractivity contribution < 1.29 is 23.3 Å². The third kappa shape index (κ3) is 3.47. The van der Waals surface area contributed by atoms with E-state index < -0.39 is 30.5 Å². The number of esters is 1. The standard InChI is InChI=1S/C20H18BrN6O6P/c21-19-24-13-16(25-20-23-10(7-26(20)17(13)29)9-4-2-1-3-5-9)27(19)18-15(32-12(28)6-22)14-11(31-18)8-30-34-33-14/h1-5,7,11,14-15,18,34H,6,8,22H2,(H,23,25). The summed E-state index contributed by atoms with van der Waals surface area (Å²) in [6, 6.07) is 9.59. The molecule has 0 aliphatic carbocycles. The number of ether oxygens (including phenoxy) is 2. The lowest BCUT2D eigenvalue weighted by atomic mass is 10.1. The first-order valence-corrected chi connectivity index (χ1v) is 12.0. The van der Waals surface area contributed by atoms with Crippen molar-refractivity contribution in [3.8, 4) is 11.3 Å². The molecule has 0 spiro atoms. The van der Waals surface area contributed by atoms with Gasteiger partial charge in [0.25, 0.3) is 5.56 Å². The van der Waals surface area contributed by atoms with Crippen molar-refractivity contribution in [2.24, 2.45) is 5.73 Å². The third-order valence-electron chi connectivity index (χ3n) is 5.76. The lowest BCUT2D eigenvalue weighted by Gasteiger charge is -2.27. The fourth-order valence-corrected chi connectivity index (χ4v) is 5.46. The van der Waals surface area contributed by atoms with Gasteiger partial charge in [-0.2, -0.15) is 4.98 Å². The summed E-state index contributed by atoms with van der Waals surface area (Å²) in [7, 11) is -0.208. The number of rotatable bonds is 4.